The van der Waals surface area contributed by atoms with Crippen LogP contribution in [-0.4, -0.2) is 24.6 Å². The molecule has 0 radical (unpaired) electrons. The maximum Gasteiger partial charge on any atom is 0.182 e. The highest BCUT2D eigenvalue weighted by atomic mass is 32.1. The normalized spacial score (nSPS) is 17.7. The van der Waals surface area contributed by atoms with Crippen molar-refractivity contribution in [3.05, 3.63) is 41.3 Å². The predicted molar refractivity (Wildman–Crippen MR) is 90.7 cm³/mol. The summed E-state index contributed by atoms with van der Waals surface area (Å²) in [4.78, 5) is 16.1. The van der Waals surface area contributed by atoms with E-state index >= 15 is 0 Å². The summed E-state index contributed by atoms with van der Waals surface area (Å²) in [6.45, 7) is 2.31. The number of hydrogen-bond donors (Lipinski definition) is 0. The fourth-order valence-electron chi connectivity index (χ4n) is 3.51. The van der Waals surface area contributed by atoms with Gasteiger partial charge in [-0.25, -0.2) is 14.5 Å². The number of aryl methyl sites for hydroxylation is 1. The molecule has 114 valence electrons. The van der Waals surface area contributed by atoms with Crippen molar-refractivity contribution < 1.29 is 0 Å². The average Bonchev–Trinajstić information content (AvgIpc) is 3.17. The van der Waals surface area contributed by atoms with Gasteiger partial charge in [0.2, 0.25) is 0 Å². The van der Waals surface area contributed by atoms with Crippen molar-refractivity contribution in [3.63, 3.8) is 0 Å². The van der Waals surface area contributed by atoms with Gasteiger partial charge in [-0.3, -0.25) is 4.98 Å². The Morgan fingerprint density at radius 3 is 3.00 bits per heavy atom. The summed E-state index contributed by atoms with van der Waals surface area (Å²) in [6.07, 6.45) is 8.99. The molecular weight excluding hydrogens is 306 g/mol. The van der Waals surface area contributed by atoms with E-state index in [4.69, 9.17) is 4.98 Å². The minimum Gasteiger partial charge on any atom is -0.265 e. The van der Waals surface area contributed by atoms with Crippen LogP contribution in [-0.2, 0) is 6.42 Å². The molecular formula is C17H15N5S. The van der Waals surface area contributed by atoms with Crippen LogP contribution in [0.25, 0.3) is 27.3 Å². The molecule has 4 heterocycles. The summed E-state index contributed by atoms with van der Waals surface area (Å²) in [7, 11) is 0. The summed E-state index contributed by atoms with van der Waals surface area (Å²) in [6, 6.07) is 3.87. The first-order chi connectivity index (χ1) is 11.3. The molecule has 0 bridgehead atoms. The molecule has 0 amide bonds. The van der Waals surface area contributed by atoms with Crippen molar-refractivity contribution in [2.45, 2.75) is 32.1 Å². The van der Waals surface area contributed by atoms with E-state index in [1.54, 1.807) is 18.7 Å². The van der Waals surface area contributed by atoms with Gasteiger partial charge < -0.3 is 0 Å². The number of pyridine rings is 1. The quantitative estimate of drug-likeness (QED) is 0.534. The number of nitrogens with zero attached hydrogens (tertiary/aromatic N) is 5. The molecule has 23 heavy (non-hydrogen) atoms. The molecule has 1 aliphatic carbocycles. The zero-order valence-electron chi connectivity index (χ0n) is 12.7. The Balaban J connectivity index is 1.82. The van der Waals surface area contributed by atoms with E-state index in [0.717, 1.165) is 28.3 Å². The second-order valence-corrected chi connectivity index (χ2v) is 7.18. The monoisotopic (exact) mass is 321 g/mol. The first kappa shape index (κ1) is 13.1. The fourth-order valence-corrected chi connectivity index (χ4v) is 4.81. The molecule has 4 aromatic heterocycles. The Labute approximate surface area is 137 Å². The molecule has 5 nitrogen and oxygen atoms in total. The molecule has 0 spiro atoms. The van der Waals surface area contributed by atoms with E-state index in [1.807, 2.05) is 28.0 Å². The largest absolute Gasteiger partial charge is 0.265 e. The maximum atomic E-state index is 4.82. The fraction of sp³-hybridized carbons (Fsp3) is 0.294. The van der Waals surface area contributed by atoms with Gasteiger partial charge in [0, 0.05) is 22.8 Å². The van der Waals surface area contributed by atoms with Crippen LogP contribution < -0.4 is 0 Å². The minimum absolute atomic E-state index is 0.571. The Hall–Kier alpha value is -2.34. The van der Waals surface area contributed by atoms with E-state index in [2.05, 4.69) is 22.0 Å². The van der Waals surface area contributed by atoms with Gasteiger partial charge >= 0.3 is 0 Å². The molecule has 0 aliphatic heterocycles. The van der Waals surface area contributed by atoms with Gasteiger partial charge in [-0.2, -0.15) is 0 Å². The molecule has 1 atom stereocenters. The molecule has 0 saturated carbocycles. The van der Waals surface area contributed by atoms with Crippen LogP contribution in [0.1, 0.15) is 36.1 Å². The number of thiophene rings is 1. The minimum atomic E-state index is 0.571. The van der Waals surface area contributed by atoms with E-state index in [0.29, 0.717) is 5.92 Å². The lowest BCUT2D eigenvalue weighted by Gasteiger charge is -2.18. The summed E-state index contributed by atoms with van der Waals surface area (Å²) in [5.41, 5.74) is 3.35. The molecule has 0 saturated heterocycles. The van der Waals surface area contributed by atoms with Gasteiger partial charge in [0.1, 0.15) is 11.2 Å². The van der Waals surface area contributed by atoms with Gasteiger partial charge in [-0.1, -0.05) is 6.92 Å². The smallest absolute Gasteiger partial charge is 0.182 e. The molecule has 5 rings (SSSR count). The molecule has 0 fully saturated rings. The first-order valence-electron chi connectivity index (χ1n) is 7.88. The SMILES string of the molecule is C[C@@H]1CCCc2sc3ncn4nc(-c5ccncc5)nc4c3c21. The second-order valence-electron chi connectivity index (χ2n) is 6.10. The van der Waals surface area contributed by atoms with Crippen LogP contribution in [0.15, 0.2) is 30.9 Å². The van der Waals surface area contributed by atoms with Gasteiger partial charge in [-0.05, 0) is 42.9 Å². The Kier molecular flexibility index (Phi) is 2.76. The van der Waals surface area contributed by atoms with E-state index < -0.39 is 0 Å². The number of fused-ring (bicyclic) bond motifs is 5. The number of rotatable bonds is 1. The number of hydrogen-bond acceptors (Lipinski definition) is 5. The zero-order chi connectivity index (χ0) is 15.4. The number of aromatic nitrogens is 5. The average molecular weight is 321 g/mol. The lowest BCUT2D eigenvalue weighted by Crippen LogP contribution is -2.04. The third-order valence-electron chi connectivity index (χ3n) is 4.62. The molecule has 0 unspecified atom stereocenters. The predicted octanol–water partition coefficient (Wildman–Crippen LogP) is 3.84. The van der Waals surface area contributed by atoms with Crippen LogP contribution in [0.3, 0.4) is 0 Å². The molecule has 6 heteroatoms. The standard InChI is InChI=1S/C17H15N5S/c1-10-3-2-4-12-13(10)14-16-20-15(11-5-7-18-8-6-11)21-22(16)9-19-17(14)23-12/h5-10H,2-4H2,1H3/t10-/m1/s1. The maximum absolute atomic E-state index is 4.82. The summed E-state index contributed by atoms with van der Waals surface area (Å²) in [5.74, 6) is 1.30. The lowest BCUT2D eigenvalue weighted by molar-refractivity contribution is 0.602. The van der Waals surface area contributed by atoms with Crippen molar-refractivity contribution in [2.24, 2.45) is 0 Å². The first-order valence-corrected chi connectivity index (χ1v) is 8.70. The Morgan fingerprint density at radius 2 is 2.13 bits per heavy atom. The summed E-state index contributed by atoms with van der Waals surface area (Å²) >= 11 is 1.82. The van der Waals surface area contributed by atoms with Gasteiger partial charge in [0.25, 0.3) is 0 Å². The lowest BCUT2D eigenvalue weighted by atomic mass is 9.87. The highest BCUT2D eigenvalue weighted by Crippen LogP contribution is 2.42. The van der Waals surface area contributed by atoms with E-state index in [-0.39, 0.29) is 0 Å². The third kappa shape index (κ3) is 1.91. The van der Waals surface area contributed by atoms with Crippen molar-refractivity contribution in [1.29, 1.82) is 0 Å². The van der Waals surface area contributed by atoms with Crippen LogP contribution in [0.4, 0.5) is 0 Å². The Morgan fingerprint density at radius 1 is 1.26 bits per heavy atom. The zero-order valence-corrected chi connectivity index (χ0v) is 13.5. The third-order valence-corrected chi connectivity index (χ3v) is 5.79. The van der Waals surface area contributed by atoms with Crippen molar-refractivity contribution in [3.8, 4) is 11.4 Å². The van der Waals surface area contributed by atoms with Crippen LogP contribution in [0, 0.1) is 0 Å². The van der Waals surface area contributed by atoms with Crippen LogP contribution in [0.2, 0.25) is 0 Å². The van der Waals surface area contributed by atoms with Crippen LogP contribution >= 0.6 is 11.3 Å². The van der Waals surface area contributed by atoms with E-state index in [9.17, 15) is 0 Å². The molecule has 1 aliphatic rings. The highest BCUT2D eigenvalue weighted by Gasteiger charge is 2.25. The summed E-state index contributed by atoms with van der Waals surface area (Å²) < 4.78 is 1.81. The second kappa shape index (κ2) is 4.83. The molecule has 4 aromatic rings. The van der Waals surface area contributed by atoms with Gasteiger partial charge in [0.05, 0.1) is 5.39 Å². The van der Waals surface area contributed by atoms with Crippen LogP contribution in [0.5, 0.6) is 0 Å². The van der Waals surface area contributed by atoms with Crippen molar-refractivity contribution >= 4 is 27.2 Å². The van der Waals surface area contributed by atoms with Gasteiger partial charge in [0.15, 0.2) is 11.5 Å². The molecule has 0 aromatic carbocycles. The topological polar surface area (TPSA) is 56.0 Å². The van der Waals surface area contributed by atoms with Crippen molar-refractivity contribution in [2.75, 3.05) is 0 Å². The van der Waals surface area contributed by atoms with Crippen molar-refractivity contribution in [1.82, 2.24) is 24.6 Å². The van der Waals surface area contributed by atoms with Gasteiger partial charge in [-0.15, -0.1) is 16.4 Å². The summed E-state index contributed by atoms with van der Waals surface area (Å²) in [5, 5.41) is 5.81. The van der Waals surface area contributed by atoms with E-state index in [1.165, 1.54) is 28.7 Å². The molecule has 0 N–H and O–H groups in total. The Bertz CT molecular complexity index is 1020. The highest BCUT2D eigenvalue weighted by molar-refractivity contribution is 7.19.